The normalized spacial score (nSPS) is 26.1. The molecule has 0 aliphatic carbocycles. The van der Waals surface area contributed by atoms with Crippen LogP contribution in [-0.2, 0) is 0 Å². The average Bonchev–Trinajstić information content (AvgIpc) is 2.49. The lowest BCUT2D eigenvalue weighted by atomic mass is 10.1. The van der Waals surface area contributed by atoms with Gasteiger partial charge in [-0.15, -0.1) is 0 Å². The fourth-order valence-electron chi connectivity index (χ4n) is 1.17. The van der Waals surface area contributed by atoms with Crippen LogP contribution in [0, 0.1) is 0 Å². The number of hydrogen-bond donors (Lipinski definition) is 2. The summed E-state index contributed by atoms with van der Waals surface area (Å²) in [6, 6.07) is 0.215. The van der Waals surface area contributed by atoms with Gasteiger partial charge < -0.3 is 11.1 Å². The molecule has 0 aromatic rings. The van der Waals surface area contributed by atoms with Crippen LogP contribution < -0.4 is 11.1 Å². The molecule has 5 heteroatoms. The molecular weight excluding hydrogens is 209 g/mol. The molecule has 0 amide bonds. The fraction of sp³-hybridized carbons (Fsp3) is 0.375. The number of hydrogen-bond acceptors (Lipinski definition) is 2. The highest BCUT2D eigenvalue weighted by Gasteiger charge is 2.16. The molecule has 1 atom stereocenters. The van der Waals surface area contributed by atoms with Crippen molar-refractivity contribution in [2.45, 2.75) is 19.4 Å². The number of nitrogens with one attached hydrogen (secondary N) is 1. The molecule has 0 radical (unpaired) electrons. The fourth-order valence-corrected chi connectivity index (χ4v) is 1.58. The van der Waals surface area contributed by atoms with Crippen LogP contribution in [-0.4, -0.2) is 11.3 Å². The summed E-state index contributed by atoms with van der Waals surface area (Å²) >= 11 is 11.3. The van der Waals surface area contributed by atoms with E-state index in [1.807, 2.05) is 12.3 Å². The SMILES string of the molecule is CCC1NC=C/C1=C(\Cl)N=C(N)Cl. The number of aliphatic imine (C=N–C) groups is 1. The molecule has 0 aromatic carbocycles. The molecule has 0 aromatic heterocycles. The molecule has 3 nitrogen and oxygen atoms in total. The van der Waals surface area contributed by atoms with Gasteiger partial charge in [0.1, 0.15) is 5.16 Å². The lowest BCUT2D eigenvalue weighted by Crippen LogP contribution is -2.20. The Morgan fingerprint density at radius 1 is 1.69 bits per heavy atom. The summed E-state index contributed by atoms with van der Waals surface area (Å²) < 4.78 is 0. The molecule has 1 unspecified atom stereocenters. The monoisotopic (exact) mass is 219 g/mol. The second-order valence-electron chi connectivity index (χ2n) is 2.64. The Hall–Kier alpha value is -0.670. The Bertz CT molecular complexity index is 277. The molecule has 1 heterocycles. The Kier molecular flexibility index (Phi) is 3.63. The minimum atomic E-state index is -0.0485. The zero-order valence-electron chi connectivity index (χ0n) is 7.22. The summed E-state index contributed by atoms with van der Waals surface area (Å²) in [5.41, 5.74) is 6.12. The maximum absolute atomic E-state index is 5.89. The van der Waals surface area contributed by atoms with Crippen molar-refractivity contribution in [2.24, 2.45) is 10.7 Å². The molecule has 3 N–H and O–H groups in total. The third kappa shape index (κ3) is 2.64. The highest BCUT2D eigenvalue weighted by atomic mass is 35.5. The van der Waals surface area contributed by atoms with Gasteiger partial charge in [-0.2, -0.15) is 0 Å². The summed E-state index contributed by atoms with van der Waals surface area (Å²) in [5, 5.41) is 3.43. The molecule has 72 valence electrons. The Morgan fingerprint density at radius 2 is 2.38 bits per heavy atom. The molecule has 1 rings (SSSR count). The zero-order chi connectivity index (χ0) is 9.84. The van der Waals surface area contributed by atoms with Crippen molar-refractivity contribution >= 4 is 28.5 Å². The first-order chi connectivity index (χ1) is 6.15. The van der Waals surface area contributed by atoms with Crippen molar-refractivity contribution in [3.63, 3.8) is 0 Å². The van der Waals surface area contributed by atoms with Gasteiger partial charge in [0.15, 0.2) is 5.29 Å². The van der Waals surface area contributed by atoms with Crippen LogP contribution in [0.5, 0.6) is 0 Å². The smallest absolute Gasteiger partial charge is 0.194 e. The Balaban J connectivity index is 2.89. The van der Waals surface area contributed by atoms with Crippen LogP contribution in [0.1, 0.15) is 13.3 Å². The summed E-state index contributed by atoms with van der Waals surface area (Å²) in [5.74, 6) is 0. The van der Waals surface area contributed by atoms with E-state index in [4.69, 9.17) is 28.9 Å². The number of nitrogens with two attached hydrogens (primary N) is 1. The van der Waals surface area contributed by atoms with E-state index in [0.29, 0.717) is 5.16 Å². The van der Waals surface area contributed by atoms with Crippen molar-refractivity contribution < 1.29 is 0 Å². The second-order valence-corrected chi connectivity index (χ2v) is 3.39. The van der Waals surface area contributed by atoms with Crippen molar-refractivity contribution in [3.05, 3.63) is 23.0 Å². The molecule has 0 fully saturated rings. The predicted molar refractivity (Wildman–Crippen MR) is 56.7 cm³/mol. The van der Waals surface area contributed by atoms with E-state index in [1.165, 1.54) is 0 Å². The highest BCUT2D eigenvalue weighted by molar-refractivity contribution is 6.64. The van der Waals surface area contributed by atoms with Gasteiger partial charge in [0, 0.05) is 5.57 Å². The van der Waals surface area contributed by atoms with Crippen molar-refractivity contribution in [3.8, 4) is 0 Å². The predicted octanol–water partition coefficient (Wildman–Crippen LogP) is 1.89. The van der Waals surface area contributed by atoms with E-state index in [0.717, 1.165) is 12.0 Å². The number of nitrogens with zero attached hydrogens (tertiary/aromatic N) is 1. The lowest BCUT2D eigenvalue weighted by Gasteiger charge is -2.10. The van der Waals surface area contributed by atoms with Crippen LogP contribution in [0.4, 0.5) is 0 Å². The van der Waals surface area contributed by atoms with Gasteiger partial charge in [0.25, 0.3) is 0 Å². The van der Waals surface area contributed by atoms with Crippen LogP contribution in [0.3, 0.4) is 0 Å². The van der Waals surface area contributed by atoms with E-state index in [1.54, 1.807) is 0 Å². The lowest BCUT2D eigenvalue weighted by molar-refractivity contribution is 0.677. The molecule has 0 saturated heterocycles. The maximum Gasteiger partial charge on any atom is 0.194 e. The van der Waals surface area contributed by atoms with E-state index in [2.05, 4.69) is 17.2 Å². The summed E-state index contributed by atoms with van der Waals surface area (Å²) in [4.78, 5) is 3.77. The summed E-state index contributed by atoms with van der Waals surface area (Å²) in [7, 11) is 0. The van der Waals surface area contributed by atoms with Gasteiger partial charge in [-0.25, -0.2) is 4.99 Å². The first kappa shape index (κ1) is 10.4. The van der Waals surface area contributed by atoms with Crippen molar-refractivity contribution in [1.82, 2.24) is 5.32 Å². The van der Waals surface area contributed by atoms with Gasteiger partial charge in [0.05, 0.1) is 6.04 Å². The number of amidine groups is 1. The van der Waals surface area contributed by atoms with Gasteiger partial charge in [0.2, 0.25) is 0 Å². The van der Waals surface area contributed by atoms with Crippen LogP contribution in [0.2, 0.25) is 0 Å². The van der Waals surface area contributed by atoms with Crippen LogP contribution >= 0.6 is 23.2 Å². The van der Waals surface area contributed by atoms with Crippen molar-refractivity contribution in [1.29, 1.82) is 0 Å². The molecular formula is C8H11Cl2N3. The van der Waals surface area contributed by atoms with Gasteiger partial charge in [-0.3, -0.25) is 0 Å². The number of rotatable bonds is 2. The Morgan fingerprint density at radius 3 is 2.92 bits per heavy atom. The summed E-state index contributed by atoms with van der Waals surface area (Å²) in [6.45, 7) is 2.06. The minimum absolute atomic E-state index is 0.0485. The third-order valence-corrected chi connectivity index (χ3v) is 2.17. The quantitative estimate of drug-likeness (QED) is 0.424. The summed E-state index contributed by atoms with van der Waals surface area (Å²) in [6.07, 6.45) is 4.65. The standard InChI is InChI=1S/C8H11Cl2N3/c1-2-6-5(3-4-12-6)7(9)13-8(10)11/h3-4,6,12H,2H2,1H3,(H2,11,13)/b7-5-. The molecule has 1 aliphatic rings. The van der Waals surface area contributed by atoms with E-state index in [9.17, 15) is 0 Å². The molecule has 1 aliphatic heterocycles. The van der Waals surface area contributed by atoms with Gasteiger partial charge >= 0.3 is 0 Å². The van der Waals surface area contributed by atoms with E-state index in [-0.39, 0.29) is 11.3 Å². The molecule has 13 heavy (non-hydrogen) atoms. The Labute approximate surface area is 87.3 Å². The topological polar surface area (TPSA) is 50.4 Å². The molecule has 0 spiro atoms. The van der Waals surface area contributed by atoms with E-state index < -0.39 is 0 Å². The average molecular weight is 220 g/mol. The first-order valence-corrected chi connectivity index (χ1v) is 4.72. The van der Waals surface area contributed by atoms with Crippen LogP contribution in [0.15, 0.2) is 28.0 Å². The number of halogens is 2. The van der Waals surface area contributed by atoms with Crippen LogP contribution in [0.25, 0.3) is 0 Å². The molecule has 0 bridgehead atoms. The van der Waals surface area contributed by atoms with Gasteiger partial charge in [-0.1, -0.05) is 18.5 Å². The zero-order valence-corrected chi connectivity index (χ0v) is 8.73. The maximum atomic E-state index is 5.89. The van der Waals surface area contributed by atoms with E-state index >= 15 is 0 Å². The van der Waals surface area contributed by atoms with Crippen molar-refractivity contribution in [2.75, 3.05) is 0 Å². The first-order valence-electron chi connectivity index (χ1n) is 3.97. The third-order valence-electron chi connectivity index (χ3n) is 1.79. The minimum Gasteiger partial charge on any atom is -0.384 e. The van der Waals surface area contributed by atoms with Gasteiger partial charge in [-0.05, 0) is 30.3 Å². The molecule has 0 saturated carbocycles. The second kappa shape index (κ2) is 4.53. The largest absolute Gasteiger partial charge is 0.384 e. The highest BCUT2D eigenvalue weighted by Crippen LogP contribution is 2.21.